The van der Waals surface area contributed by atoms with Gasteiger partial charge in [0.2, 0.25) is 5.88 Å². The van der Waals surface area contributed by atoms with Crippen LogP contribution in [0, 0.1) is 0 Å². The van der Waals surface area contributed by atoms with Gasteiger partial charge in [-0.3, -0.25) is 4.79 Å². The van der Waals surface area contributed by atoms with Crippen molar-refractivity contribution in [3.05, 3.63) is 47.7 Å². The molecule has 0 aliphatic heterocycles. The summed E-state index contributed by atoms with van der Waals surface area (Å²) in [5.41, 5.74) is 11.0. The number of primary amides is 1. The molecule has 0 fully saturated rings. The fourth-order valence-electron chi connectivity index (χ4n) is 1.52. The molecule has 0 aliphatic carbocycles. The quantitative estimate of drug-likeness (QED) is 0.768. The lowest BCUT2D eigenvalue weighted by molar-refractivity contribution is 0.0689. The van der Waals surface area contributed by atoms with Crippen LogP contribution in [0.25, 0.3) is 0 Å². The molecule has 1 amide bonds. The van der Waals surface area contributed by atoms with E-state index in [0.717, 1.165) is 0 Å². The van der Waals surface area contributed by atoms with Crippen LogP contribution in [-0.4, -0.2) is 22.0 Å². The normalized spacial score (nSPS) is 10.0. The number of nitrogen functional groups attached to an aromatic ring is 1. The molecule has 0 saturated carbocycles. The minimum absolute atomic E-state index is 0.0985. The van der Waals surface area contributed by atoms with Gasteiger partial charge in [-0.15, -0.1) is 0 Å². The van der Waals surface area contributed by atoms with Gasteiger partial charge in [0.05, 0.1) is 11.3 Å². The summed E-state index contributed by atoms with van der Waals surface area (Å²) in [4.78, 5) is 25.9. The molecule has 0 aliphatic rings. The van der Waals surface area contributed by atoms with Gasteiger partial charge < -0.3 is 21.3 Å². The minimum atomic E-state index is -1.21. The zero-order chi connectivity index (χ0) is 14.7. The van der Waals surface area contributed by atoms with Gasteiger partial charge in [0.1, 0.15) is 5.75 Å². The van der Waals surface area contributed by atoms with E-state index in [1.807, 2.05) is 0 Å². The number of aromatic carboxylic acids is 1. The molecule has 1 heterocycles. The number of aromatic nitrogens is 1. The number of pyridine rings is 1. The number of para-hydroxylation sites is 1. The largest absolute Gasteiger partial charge is 0.477 e. The van der Waals surface area contributed by atoms with Gasteiger partial charge in [0.25, 0.3) is 5.91 Å². The number of benzene rings is 1. The zero-order valence-electron chi connectivity index (χ0n) is 10.2. The Labute approximate surface area is 113 Å². The van der Waals surface area contributed by atoms with E-state index in [0.29, 0.717) is 0 Å². The highest BCUT2D eigenvalue weighted by atomic mass is 16.5. The average Bonchev–Trinajstić information content (AvgIpc) is 2.41. The molecule has 1 aromatic carbocycles. The van der Waals surface area contributed by atoms with Crippen molar-refractivity contribution >= 4 is 17.6 Å². The number of hydrogen-bond acceptors (Lipinski definition) is 5. The molecule has 102 valence electrons. The molecule has 0 spiro atoms. The van der Waals surface area contributed by atoms with Crippen molar-refractivity contribution in [2.75, 3.05) is 5.73 Å². The topological polar surface area (TPSA) is 129 Å². The summed E-state index contributed by atoms with van der Waals surface area (Å²) < 4.78 is 5.39. The lowest BCUT2D eigenvalue weighted by Gasteiger charge is -2.10. The molecule has 7 heteroatoms. The molecule has 7 nitrogen and oxygen atoms in total. The van der Waals surface area contributed by atoms with Crippen LogP contribution in [0.15, 0.2) is 36.4 Å². The second-order valence-electron chi connectivity index (χ2n) is 3.86. The fourth-order valence-corrected chi connectivity index (χ4v) is 1.52. The SMILES string of the molecule is NC(=O)c1ccccc1Oc1nc(C(=O)O)ccc1N. The number of carbonyl (C=O) groups is 2. The molecule has 0 bridgehead atoms. The van der Waals surface area contributed by atoms with Crippen LogP contribution in [0.5, 0.6) is 11.6 Å². The highest BCUT2D eigenvalue weighted by Gasteiger charge is 2.14. The Hall–Kier alpha value is -3.09. The van der Waals surface area contributed by atoms with Gasteiger partial charge in [-0.2, -0.15) is 0 Å². The summed E-state index contributed by atoms with van der Waals surface area (Å²) in [5.74, 6) is -1.83. The Bertz CT molecular complexity index is 685. The van der Waals surface area contributed by atoms with Crippen LogP contribution in [0.3, 0.4) is 0 Å². The molecule has 0 unspecified atom stereocenters. The van der Waals surface area contributed by atoms with E-state index in [2.05, 4.69) is 4.98 Å². The number of anilines is 1. The second-order valence-corrected chi connectivity index (χ2v) is 3.86. The van der Waals surface area contributed by atoms with Gasteiger partial charge in [-0.1, -0.05) is 12.1 Å². The van der Waals surface area contributed by atoms with Crippen LogP contribution >= 0.6 is 0 Å². The van der Waals surface area contributed by atoms with Crippen molar-refractivity contribution < 1.29 is 19.4 Å². The Kier molecular flexibility index (Phi) is 3.52. The maximum absolute atomic E-state index is 11.3. The molecule has 1 aromatic heterocycles. The van der Waals surface area contributed by atoms with E-state index in [9.17, 15) is 9.59 Å². The highest BCUT2D eigenvalue weighted by molar-refractivity contribution is 5.95. The number of nitrogens with two attached hydrogens (primary N) is 2. The van der Waals surface area contributed by atoms with E-state index in [4.69, 9.17) is 21.3 Å². The smallest absolute Gasteiger partial charge is 0.354 e. The third kappa shape index (κ3) is 2.66. The molecule has 2 rings (SSSR count). The summed E-state index contributed by atoms with van der Waals surface area (Å²) in [6.45, 7) is 0. The summed E-state index contributed by atoms with van der Waals surface area (Å²) in [6, 6.07) is 8.86. The van der Waals surface area contributed by atoms with E-state index >= 15 is 0 Å². The first kappa shape index (κ1) is 13.3. The minimum Gasteiger partial charge on any atom is -0.477 e. The van der Waals surface area contributed by atoms with Crippen LogP contribution in [0.1, 0.15) is 20.8 Å². The maximum Gasteiger partial charge on any atom is 0.354 e. The number of carbonyl (C=O) groups excluding carboxylic acids is 1. The van der Waals surface area contributed by atoms with Crippen LogP contribution in [-0.2, 0) is 0 Å². The van der Waals surface area contributed by atoms with Crippen LogP contribution < -0.4 is 16.2 Å². The standard InChI is InChI=1S/C13H11N3O4/c14-8-5-6-9(13(18)19)16-12(8)20-10-4-2-1-3-7(10)11(15)17/h1-6H,14H2,(H2,15,17)(H,18,19). The van der Waals surface area contributed by atoms with Gasteiger partial charge >= 0.3 is 5.97 Å². The number of carboxylic acid groups (broad SMARTS) is 1. The number of carboxylic acids is 1. The summed E-state index contributed by atoms with van der Waals surface area (Å²) in [5, 5.41) is 8.88. The number of amides is 1. The first-order chi connectivity index (χ1) is 9.49. The van der Waals surface area contributed by atoms with E-state index in [1.54, 1.807) is 12.1 Å². The molecule has 0 saturated heterocycles. The lowest BCUT2D eigenvalue weighted by Crippen LogP contribution is -2.12. The van der Waals surface area contributed by atoms with Crippen molar-refractivity contribution in [2.24, 2.45) is 5.73 Å². The molecule has 2 aromatic rings. The van der Waals surface area contributed by atoms with Crippen molar-refractivity contribution in [1.82, 2.24) is 4.98 Å². The Morgan fingerprint density at radius 2 is 1.85 bits per heavy atom. The molecule has 0 atom stereocenters. The van der Waals surface area contributed by atoms with Crippen molar-refractivity contribution in [3.63, 3.8) is 0 Å². The molecular weight excluding hydrogens is 262 g/mol. The van der Waals surface area contributed by atoms with Gasteiger partial charge in [0, 0.05) is 0 Å². The number of rotatable bonds is 4. The number of nitrogens with zero attached hydrogens (tertiary/aromatic N) is 1. The second kappa shape index (κ2) is 5.27. The predicted octanol–water partition coefficient (Wildman–Crippen LogP) is 1.25. The Morgan fingerprint density at radius 3 is 2.50 bits per heavy atom. The van der Waals surface area contributed by atoms with E-state index < -0.39 is 11.9 Å². The Morgan fingerprint density at radius 1 is 1.15 bits per heavy atom. The van der Waals surface area contributed by atoms with Crippen LogP contribution in [0.2, 0.25) is 0 Å². The summed E-state index contributed by atoms with van der Waals surface area (Å²) in [7, 11) is 0. The lowest BCUT2D eigenvalue weighted by atomic mass is 10.2. The van der Waals surface area contributed by atoms with Crippen molar-refractivity contribution in [3.8, 4) is 11.6 Å². The summed E-state index contributed by atoms with van der Waals surface area (Å²) in [6.07, 6.45) is 0. The Balaban J connectivity index is 2.42. The number of hydrogen-bond donors (Lipinski definition) is 3. The third-order valence-corrected chi connectivity index (χ3v) is 2.47. The van der Waals surface area contributed by atoms with Gasteiger partial charge in [0.15, 0.2) is 5.69 Å². The third-order valence-electron chi connectivity index (χ3n) is 2.47. The monoisotopic (exact) mass is 273 g/mol. The predicted molar refractivity (Wildman–Crippen MR) is 70.6 cm³/mol. The molecule has 5 N–H and O–H groups in total. The molecule has 0 radical (unpaired) electrons. The maximum atomic E-state index is 11.3. The number of ether oxygens (including phenoxy) is 1. The van der Waals surface area contributed by atoms with E-state index in [1.165, 1.54) is 24.3 Å². The first-order valence-electron chi connectivity index (χ1n) is 5.55. The first-order valence-corrected chi connectivity index (χ1v) is 5.55. The zero-order valence-corrected chi connectivity index (χ0v) is 10.2. The van der Waals surface area contributed by atoms with Crippen LogP contribution in [0.4, 0.5) is 5.69 Å². The fraction of sp³-hybridized carbons (Fsp3) is 0. The molecular formula is C13H11N3O4. The molecule has 20 heavy (non-hydrogen) atoms. The van der Waals surface area contributed by atoms with E-state index in [-0.39, 0.29) is 28.6 Å². The summed E-state index contributed by atoms with van der Waals surface area (Å²) >= 11 is 0. The highest BCUT2D eigenvalue weighted by Crippen LogP contribution is 2.28. The average molecular weight is 273 g/mol. The van der Waals surface area contributed by atoms with Crippen molar-refractivity contribution in [1.29, 1.82) is 0 Å². The van der Waals surface area contributed by atoms with Gasteiger partial charge in [-0.25, -0.2) is 9.78 Å². The van der Waals surface area contributed by atoms with Gasteiger partial charge in [-0.05, 0) is 24.3 Å². The van der Waals surface area contributed by atoms with Crippen molar-refractivity contribution in [2.45, 2.75) is 0 Å².